The molecule has 0 radical (unpaired) electrons. The van der Waals surface area contributed by atoms with Gasteiger partial charge in [0.2, 0.25) is 0 Å². The Kier molecular flexibility index (Phi) is 3.37. The minimum absolute atomic E-state index is 0.584. The highest BCUT2D eigenvalue weighted by Crippen LogP contribution is 2.10. The van der Waals surface area contributed by atoms with Crippen LogP contribution < -0.4 is 5.32 Å². The molecule has 2 aromatic rings. The van der Waals surface area contributed by atoms with Crippen LogP contribution in [-0.4, -0.2) is 15.1 Å². The Hall–Kier alpha value is -1.91. The number of anilines is 1. The third-order valence-electron chi connectivity index (χ3n) is 2.37. The molecule has 0 bridgehead atoms. The van der Waals surface area contributed by atoms with E-state index in [4.69, 9.17) is 4.52 Å². The van der Waals surface area contributed by atoms with E-state index in [-0.39, 0.29) is 0 Å². The number of hydrogen-bond acceptors (Lipinski definition) is 5. The summed E-state index contributed by atoms with van der Waals surface area (Å²) >= 11 is 0. The molecule has 5 nitrogen and oxygen atoms in total. The molecule has 5 heteroatoms. The number of aryl methyl sites for hydroxylation is 3. The SMILES string of the molecule is CCc1cc(NCc2cc(C)no2)nc(C)n1. The fourth-order valence-electron chi connectivity index (χ4n) is 1.58. The van der Waals surface area contributed by atoms with Gasteiger partial charge in [-0.1, -0.05) is 12.1 Å². The molecule has 0 aliphatic carbocycles. The zero-order chi connectivity index (χ0) is 12.3. The number of rotatable bonds is 4. The van der Waals surface area contributed by atoms with Gasteiger partial charge >= 0.3 is 0 Å². The summed E-state index contributed by atoms with van der Waals surface area (Å²) in [5, 5.41) is 7.04. The first-order chi connectivity index (χ1) is 8.17. The molecule has 0 saturated carbocycles. The molecule has 0 amide bonds. The number of nitrogens with one attached hydrogen (secondary N) is 1. The van der Waals surface area contributed by atoms with Gasteiger partial charge in [-0.25, -0.2) is 9.97 Å². The van der Waals surface area contributed by atoms with E-state index in [9.17, 15) is 0 Å². The van der Waals surface area contributed by atoms with Crippen LogP contribution in [0.5, 0.6) is 0 Å². The smallest absolute Gasteiger partial charge is 0.156 e. The first-order valence-electron chi connectivity index (χ1n) is 5.68. The van der Waals surface area contributed by atoms with E-state index in [1.165, 1.54) is 0 Å². The zero-order valence-electron chi connectivity index (χ0n) is 10.3. The average molecular weight is 232 g/mol. The Morgan fingerprint density at radius 3 is 2.71 bits per heavy atom. The Balaban J connectivity index is 2.05. The van der Waals surface area contributed by atoms with Crippen LogP contribution >= 0.6 is 0 Å². The Morgan fingerprint density at radius 1 is 1.24 bits per heavy atom. The van der Waals surface area contributed by atoms with Crippen molar-refractivity contribution in [3.8, 4) is 0 Å². The highest BCUT2D eigenvalue weighted by Gasteiger charge is 2.03. The van der Waals surface area contributed by atoms with Crippen LogP contribution in [0.1, 0.15) is 29.9 Å². The molecule has 0 atom stereocenters. The maximum Gasteiger partial charge on any atom is 0.156 e. The molecule has 90 valence electrons. The van der Waals surface area contributed by atoms with E-state index in [1.54, 1.807) is 0 Å². The van der Waals surface area contributed by atoms with Gasteiger partial charge in [-0.05, 0) is 20.3 Å². The van der Waals surface area contributed by atoms with Crippen molar-refractivity contribution in [3.63, 3.8) is 0 Å². The molecule has 2 heterocycles. The van der Waals surface area contributed by atoms with Crippen molar-refractivity contribution in [1.29, 1.82) is 0 Å². The van der Waals surface area contributed by atoms with E-state index in [0.29, 0.717) is 6.54 Å². The highest BCUT2D eigenvalue weighted by atomic mass is 16.5. The maximum atomic E-state index is 5.12. The van der Waals surface area contributed by atoms with E-state index < -0.39 is 0 Å². The molecule has 0 aliphatic heterocycles. The summed E-state index contributed by atoms with van der Waals surface area (Å²) in [7, 11) is 0. The van der Waals surface area contributed by atoms with Crippen LogP contribution in [0.3, 0.4) is 0 Å². The predicted octanol–water partition coefficient (Wildman–Crippen LogP) is 2.26. The Morgan fingerprint density at radius 2 is 2.06 bits per heavy atom. The quantitative estimate of drug-likeness (QED) is 0.876. The van der Waals surface area contributed by atoms with Crippen molar-refractivity contribution in [3.05, 3.63) is 35.1 Å². The average Bonchev–Trinajstić information content (AvgIpc) is 2.72. The lowest BCUT2D eigenvalue weighted by Crippen LogP contribution is -2.04. The fraction of sp³-hybridized carbons (Fsp3) is 0.417. The molecule has 0 unspecified atom stereocenters. The first kappa shape index (κ1) is 11.6. The summed E-state index contributed by atoms with van der Waals surface area (Å²) < 4.78 is 5.12. The zero-order valence-corrected chi connectivity index (χ0v) is 10.3. The van der Waals surface area contributed by atoms with Gasteiger partial charge in [-0.3, -0.25) is 0 Å². The van der Waals surface area contributed by atoms with Gasteiger partial charge < -0.3 is 9.84 Å². The molecule has 0 spiro atoms. The van der Waals surface area contributed by atoms with Crippen LogP contribution in [0.25, 0.3) is 0 Å². The van der Waals surface area contributed by atoms with Crippen LogP contribution in [-0.2, 0) is 13.0 Å². The Labute approximate surface area is 100 Å². The molecule has 0 fully saturated rings. The van der Waals surface area contributed by atoms with Crippen molar-refractivity contribution >= 4 is 5.82 Å². The lowest BCUT2D eigenvalue weighted by Gasteiger charge is -2.05. The second kappa shape index (κ2) is 4.95. The Bertz CT molecular complexity index is 507. The van der Waals surface area contributed by atoms with Gasteiger partial charge in [0.1, 0.15) is 11.6 Å². The summed E-state index contributed by atoms with van der Waals surface area (Å²) in [6, 6.07) is 3.86. The van der Waals surface area contributed by atoms with Gasteiger partial charge in [0, 0.05) is 17.8 Å². The summed E-state index contributed by atoms with van der Waals surface area (Å²) in [4.78, 5) is 8.64. The van der Waals surface area contributed by atoms with E-state index in [2.05, 4.69) is 27.4 Å². The van der Waals surface area contributed by atoms with Crippen LogP contribution in [0.4, 0.5) is 5.82 Å². The van der Waals surface area contributed by atoms with Gasteiger partial charge in [0.15, 0.2) is 5.76 Å². The van der Waals surface area contributed by atoms with Gasteiger partial charge in [0.25, 0.3) is 0 Å². The van der Waals surface area contributed by atoms with Crippen LogP contribution in [0.2, 0.25) is 0 Å². The van der Waals surface area contributed by atoms with Crippen LogP contribution in [0.15, 0.2) is 16.7 Å². The molecule has 0 aromatic carbocycles. The fourth-order valence-corrected chi connectivity index (χ4v) is 1.58. The number of aromatic nitrogens is 3. The predicted molar refractivity (Wildman–Crippen MR) is 64.7 cm³/mol. The summed E-state index contributed by atoms with van der Waals surface area (Å²) in [5.41, 5.74) is 1.92. The third kappa shape index (κ3) is 3.03. The number of nitrogens with zero attached hydrogens (tertiary/aromatic N) is 3. The van der Waals surface area contributed by atoms with E-state index >= 15 is 0 Å². The van der Waals surface area contributed by atoms with Crippen LogP contribution in [0, 0.1) is 13.8 Å². The standard InChI is InChI=1S/C12H16N4O/c1-4-10-6-12(15-9(3)14-10)13-7-11-5-8(2)16-17-11/h5-6H,4,7H2,1-3H3,(H,13,14,15). The van der Waals surface area contributed by atoms with Crippen molar-refractivity contribution in [2.24, 2.45) is 0 Å². The molecular weight excluding hydrogens is 216 g/mol. The highest BCUT2D eigenvalue weighted by molar-refractivity contribution is 5.36. The van der Waals surface area contributed by atoms with Gasteiger partial charge in [-0.15, -0.1) is 0 Å². The number of hydrogen-bond donors (Lipinski definition) is 1. The second-order valence-corrected chi connectivity index (χ2v) is 3.93. The lowest BCUT2D eigenvalue weighted by molar-refractivity contribution is 0.384. The van der Waals surface area contributed by atoms with Crippen molar-refractivity contribution in [1.82, 2.24) is 15.1 Å². The lowest BCUT2D eigenvalue weighted by atomic mass is 10.3. The normalized spacial score (nSPS) is 10.5. The minimum Gasteiger partial charge on any atom is -0.363 e. The minimum atomic E-state index is 0.584. The van der Waals surface area contributed by atoms with E-state index in [0.717, 1.165) is 35.2 Å². The molecule has 1 N–H and O–H groups in total. The van der Waals surface area contributed by atoms with E-state index in [1.807, 2.05) is 26.0 Å². The van der Waals surface area contributed by atoms with Crippen molar-refractivity contribution < 1.29 is 4.52 Å². The molecule has 2 aromatic heterocycles. The molecule has 0 saturated heterocycles. The monoisotopic (exact) mass is 232 g/mol. The molecule has 0 aliphatic rings. The molecular formula is C12H16N4O. The maximum absolute atomic E-state index is 5.12. The first-order valence-corrected chi connectivity index (χ1v) is 5.68. The van der Waals surface area contributed by atoms with Crippen molar-refractivity contribution in [2.75, 3.05) is 5.32 Å². The summed E-state index contributed by atoms with van der Waals surface area (Å²) in [6.07, 6.45) is 0.902. The van der Waals surface area contributed by atoms with Crippen molar-refractivity contribution in [2.45, 2.75) is 33.7 Å². The van der Waals surface area contributed by atoms with Gasteiger partial charge in [-0.2, -0.15) is 0 Å². The van der Waals surface area contributed by atoms with Gasteiger partial charge in [0.05, 0.1) is 12.2 Å². The third-order valence-corrected chi connectivity index (χ3v) is 2.37. The summed E-state index contributed by atoms with van der Waals surface area (Å²) in [5.74, 6) is 2.40. The summed E-state index contributed by atoms with van der Waals surface area (Å²) in [6.45, 7) is 6.45. The second-order valence-electron chi connectivity index (χ2n) is 3.93. The largest absolute Gasteiger partial charge is 0.363 e. The molecule has 2 rings (SSSR count). The molecule has 17 heavy (non-hydrogen) atoms. The topological polar surface area (TPSA) is 63.8 Å².